The van der Waals surface area contributed by atoms with Crippen LogP contribution in [0, 0.1) is 0 Å². The van der Waals surface area contributed by atoms with Crippen molar-refractivity contribution in [3.8, 4) is 0 Å². The first-order chi connectivity index (χ1) is 6.00. The highest BCUT2D eigenvalue weighted by Gasteiger charge is 2.32. The summed E-state index contributed by atoms with van der Waals surface area (Å²) in [7, 11) is 0. The fourth-order valence-corrected chi connectivity index (χ4v) is 1.01. The van der Waals surface area contributed by atoms with Crippen molar-refractivity contribution in [2.24, 2.45) is 0 Å². The number of anilines is 1. The van der Waals surface area contributed by atoms with Crippen LogP contribution in [-0.2, 0) is 5.54 Å². The number of hydrogen-bond donors (Lipinski definition) is 3. The van der Waals surface area contributed by atoms with E-state index in [-0.39, 0.29) is 6.61 Å². The Bertz CT molecular complexity index is 285. The lowest BCUT2D eigenvalue weighted by atomic mass is 9.97. The molecular weight excluding hydrogens is 170 g/mol. The third-order valence-corrected chi connectivity index (χ3v) is 2.35. The predicted octanol–water partition coefficient (Wildman–Crippen LogP) is -0.446. The highest BCUT2D eigenvalue weighted by Crippen LogP contribution is 2.20. The second-order valence-electron chi connectivity index (χ2n) is 3.41. The molecule has 13 heavy (non-hydrogen) atoms. The monoisotopic (exact) mass is 185 g/mol. The summed E-state index contributed by atoms with van der Waals surface area (Å²) in [4.78, 5) is 0. The topological polar surface area (TPSA) is 84.3 Å². The summed E-state index contributed by atoms with van der Waals surface area (Å²) in [5.74, 6) is 0. The average Bonchev–Trinajstić information content (AvgIpc) is 2.50. The Balaban J connectivity index is 3.02. The first-order valence-corrected chi connectivity index (χ1v) is 4.10. The molecule has 1 rings (SSSR count). The van der Waals surface area contributed by atoms with Crippen molar-refractivity contribution in [1.82, 2.24) is 9.78 Å². The molecule has 74 valence electrons. The van der Waals surface area contributed by atoms with Crippen LogP contribution >= 0.6 is 0 Å². The van der Waals surface area contributed by atoms with Crippen LogP contribution in [0.5, 0.6) is 0 Å². The Morgan fingerprint density at radius 1 is 1.77 bits per heavy atom. The third kappa shape index (κ3) is 1.66. The van der Waals surface area contributed by atoms with E-state index in [1.807, 2.05) is 0 Å². The van der Waals surface area contributed by atoms with Gasteiger partial charge in [0.2, 0.25) is 0 Å². The fraction of sp³-hybridized carbons (Fsp3) is 0.625. The lowest BCUT2D eigenvalue weighted by molar-refractivity contribution is 0.00772. The third-order valence-electron chi connectivity index (χ3n) is 2.35. The zero-order valence-corrected chi connectivity index (χ0v) is 7.81. The molecule has 2 atom stereocenters. The van der Waals surface area contributed by atoms with Gasteiger partial charge in [-0.1, -0.05) is 0 Å². The molecule has 2 unspecified atom stereocenters. The molecular formula is C8H15N3O2. The predicted molar refractivity (Wildman–Crippen MR) is 49.1 cm³/mol. The van der Waals surface area contributed by atoms with E-state index >= 15 is 0 Å². The summed E-state index contributed by atoms with van der Waals surface area (Å²) >= 11 is 0. The molecule has 4 N–H and O–H groups in total. The number of hydrogen-bond acceptors (Lipinski definition) is 4. The van der Waals surface area contributed by atoms with Gasteiger partial charge in [0.25, 0.3) is 0 Å². The number of aromatic nitrogens is 2. The lowest BCUT2D eigenvalue weighted by Gasteiger charge is -2.30. The maximum Gasteiger partial charge on any atom is 0.108 e. The maximum absolute atomic E-state index is 9.47. The number of nitrogens with two attached hydrogens (primary N) is 1. The van der Waals surface area contributed by atoms with Crippen molar-refractivity contribution in [2.75, 3.05) is 12.3 Å². The van der Waals surface area contributed by atoms with Gasteiger partial charge in [-0.3, -0.25) is 4.68 Å². The number of nitrogen functional groups attached to an aromatic ring is 1. The quantitative estimate of drug-likeness (QED) is 0.595. The van der Waals surface area contributed by atoms with E-state index in [2.05, 4.69) is 5.10 Å². The molecule has 0 fully saturated rings. The molecule has 1 aromatic rings. The molecule has 5 nitrogen and oxygen atoms in total. The lowest BCUT2D eigenvalue weighted by Crippen LogP contribution is -2.44. The summed E-state index contributed by atoms with van der Waals surface area (Å²) in [6, 6.07) is 0. The molecule has 0 bridgehead atoms. The molecule has 5 heteroatoms. The molecule has 0 aliphatic heterocycles. The number of aliphatic hydroxyl groups is 2. The number of nitrogens with zero attached hydrogens (tertiary/aromatic N) is 2. The van der Waals surface area contributed by atoms with E-state index in [4.69, 9.17) is 10.8 Å². The Morgan fingerprint density at radius 2 is 2.38 bits per heavy atom. The molecule has 1 heterocycles. The second kappa shape index (κ2) is 3.35. The van der Waals surface area contributed by atoms with Gasteiger partial charge >= 0.3 is 0 Å². The Hall–Kier alpha value is -1.07. The highest BCUT2D eigenvalue weighted by molar-refractivity contribution is 5.31. The molecule has 0 saturated carbocycles. The zero-order valence-electron chi connectivity index (χ0n) is 7.81. The Kier molecular flexibility index (Phi) is 2.58. The van der Waals surface area contributed by atoms with Gasteiger partial charge in [0.05, 0.1) is 24.6 Å². The van der Waals surface area contributed by atoms with Gasteiger partial charge in [0.1, 0.15) is 5.54 Å². The number of aliphatic hydroxyl groups excluding tert-OH is 2. The van der Waals surface area contributed by atoms with Crippen molar-refractivity contribution >= 4 is 5.69 Å². The van der Waals surface area contributed by atoms with Crippen LogP contribution in [0.25, 0.3) is 0 Å². The first-order valence-electron chi connectivity index (χ1n) is 4.10. The summed E-state index contributed by atoms with van der Waals surface area (Å²) in [6.45, 7) is 3.13. The van der Waals surface area contributed by atoms with E-state index in [0.29, 0.717) is 5.69 Å². The van der Waals surface area contributed by atoms with Crippen LogP contribution in [0.3, 0.4) is 0 Å². The van der Waals surface area contributed by atoms with Gasteiger partial charge in [-0.2, -0.15) is 5.10 Å². The van der Waals surface area contributed by atoms with Gasteiger partial charge in [-0.25, -0.2) is 0 Å². The molecule has 0 aliphatic carbocycles. The number of rotatable bonds is 3. The van der Waals surface area contributed by atoms with Gasteiger partial charge in [-0.05, 0) is 13.8 Å². The van der Waals surface area contributed by atoms with Crippen LogP contribution in [0.2, 0.25) is 0 Å². The molecule has 0 saturated heterocycles. The first kappa shape index (κ1) is 10.0. The maximum atomic E-state index is 9.47. The fourth-order valence-electron chi connectivity index (χ4n) is 1.01. The molecule has 0 aromatic carbocycles. The average molecular weight is 185 g/mol. The van der Waals surface area contributed by atoms with Crippen LogP contribution in [0.15, 0.2) is 12.4 Å². The van der Waals surface area contributed by atoms with E-state index in [1.165, 1.54) is 10.9 Å². The summed E-state index contributed by atoms with van der Waals surface area (Å²) in [5, 5.41) is 22.6. The van der Waals surface area contributed by atoms with Gasteiger partial charge in [-0.15, -0.1) is 0 Å². The summed E-state index contributed by atoms with van der Waals surface area (Å²) < 4.78 is 1.48. The standard InChI is InChI=1S/C8H15N3O2/c1-6(13)8(2,5-12)11-4-7(9)3-10-11/h3-4,6,12-13H,5,9H2,1-2H3. The highest BCUT2D eigenvalue weighted by atomic mass is 16.3. The Labute approximate surface area is 76.8 Å². The van der Waals surface area contributed by atoms with Crippen molar-refractivity contribution in [1.29, 1.82) is 0 Å². The SMILES string of the molecule is CC(O)C(C)(CO)n1cc(N)cn1. The van der Waals surface area contributed by atoms with Crippen LogP contribution < -0.4 is 5.73 Å². The van der Waals surface area contributed by atoms with Crippen LogP contribution in [-0.4, -0.2) is 32.7 Å². The zero-order chi connectivity index (χ0) is 10.1. The minimum Gasteiger partial charge on any atom is -0.396 e. The van der Waals surface area contributed by atoms with Gasteiger partial charge < -0.3 is 15.9 Å². The molecule has 0 aliphatic rings. The van der Waals surface area contributed by atoms with Crippen molar-refractivity contribution < 1.29 is 10.2 Å². The van der Waals surface area contributed by atoms with Gasteiger partial charge in [0, 0.05) is 6.20 Å². The van der Waals surface area contributed by atoms with E-state index in [1.54, 1.807) is 20.0 Å². The van der Waals surface area contributed by atoms with E-state index in [9.17, 15) is 5.11 Å². The van der Waals surface area contributed by atoms with Crippen molar-refractivity contribution in [2.45, 2.75) is 25.5 Å². The minimum atomic E-state index is -0.808. The molecule has 0 spiro atoms. The molecule has 0 amide bonds. The molecule has 0 radical (unpaired) electrons. The minimum absolute atomic E-state index is 0.189. The Morgan fingerprint density at radius 3 is 2.69 bits per heavy atom. The van der Waals surface area contributed by atoms with Crippen LogP contribution in [0.1, 0.15) is 13.8 Å². The normalized spacial score (nSPS) is 18.2. The van der Waals surface area contributed by atoms with Gasteiger partial charge in [0.15, 0.2) is 0 Å². The van der Waals surface area contributed by atoms with E-state index in [0.717, 1.165) is 0 Å². The largest absolute Gasteiger partial charge is 0.396 e. The van der Waals surface area contributed by atoms with Crippen LogP contribution in [0.4, 0.5) is 5.69 Å². The van der Waals surface area contributed by atoms with Crippen molar-refractivity contribution in [3.05, 3.63) is 12.4 Å². The van der Waals surface area contributed by atoms with Crippen molar-refractivity contribution in [3.63, 3.8) is 0 Å². The summed E-state index contributed by atoms with van der Waals surface area (Å²) in [6.07, 6.45) is 2.37. The van der Waals surface area contributed by atoms with E-state index < -0.39 is 11.6 Å². The summed E-state index contributed by atoms with van der Waals surface area (Å²) in [5.41, 5.74) is 5.19. The smallest absolute Gasteiger partial charge is 0.108 e. The molecule has 1 aromatic heterocycles. The second-order valence-corrected chi connectivity index (χ2v) is 3.41.